The number of carbonyl (C=O) groups excluding carboxylic acids is 1. The van der Waals surface area contributed by atoms with E-state index >= 15 is 0 Å². The minimum atomic E-state index is -0.320. The lowest BCUT2D eigenvalue weighted by Gasteiger charge is -2.36. The number of ketones is 1. The number of hydrogen-bond acceptors (Lipinski definition) is 2. The molecule has 0 spiro atoms. The highest BCUT2D eigenvalue weighted by Gasteiger charge is 2.37. The van der Waals surface area contributed by atoms with Crippen molar-refractivity contribution in [3.05, 3.63) is 0 Å². The second-order valence-corrected chi connectivity index (χ2v) is 3.86. The van der Waals surface area contributed by atoms with Crippen LogP contribution in [0, 0.1) is 11.8 Å². The van der Waals surface area contributed by atoms with Crippen LogP contribution in [-0.2, 0) is 4.79 Å². The summed E-state index contributed by atoms with van der Waals surface area (Å²) in [6.07, 6.45) is 4.40. The summed E-state index contributed by atoms with van der Waals surface area (Å²) in [6, 6.07) is 0. The van der Waals surface area contributed by atoms with Gasteiger partial charge in [-0.15, -0.1) is 0 Å². The molecule has 0 aromatic rings. The van der Waals surface area contributed by atoms with Crippen LogP contribution in [0.2, 0.25) is 0 Å². The molecule has 3 atom stereocenters. The van der Waals surface area contributed by atoms with E-state index in [9.17, 15) is 9.90 Å². The lowest BCUT2D eigenvalue weighted by Crippen LogP contribution is -2.38. The lowest BCUT2D eigenvalue weighted by atomic mass is 9.70. The smallest absolute Gasteiger partial charge is 0.138 e. The Morgan fingerprint density at radius 1 is 1.27 bits per heavy atom. The average Bonchev–Trinajstić information content (AvgIpc) is 2.02. The number of Topliss-reactive ketones (excluding diaryl/α,β-unsaturated/α-hetero) is 1. The maximum atomic E-state index is 11.3. The van der Waals surface area contributed by atoms with Crippen molar-refractivity contribution in [2.24, 2.45) is 11.8 Å². The number of rotatable bonds is 0. The van der Waals surface area contributed by atoms with Crippen LogP contribution < -0.4 is 0 Å². The fraction of sp³-hybridized carbons (Fsp3) is 0.889. The van der Waals surface area contributed by atoms with Gasteiger partial charge in [0.1, 0.15) is 5.78 Å². The van der Waals surface area contributed by atoms with Gasteiger partial charge in [0.25, 0.3) is 0 Å². The number of aliphatic hydroxyl groups excluding tert-OH is 1. The molecule has 2 bridgehead atoms. The summed E-state index contributed by atoms with van der Waals surface area (Å²) in [7, 11) is 0. The molecule has 0 aromatic carbocycles. The van der Waals surface area contributed by atoms with Crippen molar-refractivity contribution >= 4 is 5.78 Å². The molecule has 1 N–H and O–H groups in total. The molecule has 0 aromatic heterocycles. The molecule has 2 nitrogen and oxygen atoms in total. The molecule has 0 heterocycles. The Kier molecular flexibility index (Phi) is 1.72. The molecule has 62 valence electrons. The van der Waals surface area contributed by atoms with Crippen LogP contribution in [0.25, 0.3) is 0 Å². The summed E-state index contributed by atoms with van der Waals surface area (Å²) in [5, 5.41) is 9.47. The molecular formula is C9H14O2. The van der Waals surface area contributed by atoms with Gasteiger partial charge in [-0.1, -0.05) is 0 Å². The molecule has 0 saturated heterocycles. The largest absolute Gasteiger partial charge is 0.392 e. The second kappa shape index (κ2) is 2.59. The van der Waals surface area contributed by atoms with Crippen LogP contribution in [0.1, 0.15) is 32.1 Å². The third-order valence-corrected chi connectivity index (χ3v) is 3.13. The van der Waals surface area contributed by atoms with Gasteiger partial charge in [0, 0.05) is 12.3 Å². The zero-order chi connectivity index (χ0) is 7.84. The predicted octanol–water partition coefficient (Wildman–Crippen LogP) is 1.13. The Balaban J connectivity index is 2.11. The molecule has 2 heteroatoms. The summed E-state index contributed by atoms with van der Waals surface area (Å²) >= 11 is 0. The molecule has 2 saturated carbocycles. The van der Waals surface area contributed by atoms with E-state index in [1.54, 1.807) is 0 Å². The van der Waals surface area contributed by atoms with Gasteiger partial charge >= 0.3 is 0 Å². The SMILES string of the molecule is O=C1CC[C@@H]2CC[C@H](O)[C@H]1C2. The quantitative estimate of drug-likeness (QED) is 0.568. The first-order chi connectivity index (χ1) is 5.27. The molecule has 0 aliphatic heterocycles. The first-order valence-corrected chi connectivity index (χ1v) is 4.48. The van der Waals surface area contributed by atoms with Crippen LogP contribution in [0.3, 0.4) is 0 Å². The van der Waals surface area contributed by atoms with Crippen molar-refractivity contribution in [2.45, 2.75) is 38.2 Å². The van der Waals surface area contributed by atoms with Gasteiger partial charge in [-0.3, -0.25) is 4.79 Å². The first kappa shape index (κ1) is 7.29. The van der Waals surface area contributed by atoms with Crippen LogP contribution >= 0.6 is 0 Å². The molecule has 0 radical (unpaired) electrons. The normalized spacial score (nSPS) is 44.1. The molecule has 11 heavy (non-hydrogen) atoms. The summed E-state index contributed by atoms with van der Waals surface area (Å²) in [5.74, 6) is 1.04. The van der Waals surface area contributed by atoms with Crippen LogP contribution in [0.4, 0.5) is 0 Å². The summed E-state index contributed by atoms with van der Waals surface area (Å²) in [6.45, 7) is 0. The molecule has 0 amide bonds. The molecular weight excluding hydrogens is 140 g/mol. The first-order valence-electron chi connectivity index (χ1n) is 4.48. The summed E-state index contributed by atoms with van der Waals surface area (Å²) in [5.41, 5.74) is 0. The highest BCUT2D eigenvalue weighted by molar-refractivity contribution is 5.82. The van der Waals surface area contributed by atoms with Gasteiger partial charge in [-0.25, -0.2) is 0 Å². The summed E-state index contributed by atoms with van der Waals surface area (Å²) < 4.78 is 0. The van der Waals surface area contributed by atoms with E-state index in [0.29, 0.717) is 12.2 Å². The lowest BCUT2D eigenvalue weighted by molar-refractivity contribution is -0.132. The van der Waals surface area contributed by atoms with Crippen molar-refractivity contribution in [2.75, 3.05) is 0 Å². The number of carbonyl (C=O) groups is 1. The topological polar surface area (TPSA) is 37.3 Å². The van der Waals surface area contributed by atoms with Gasteiger partial charge in [0.15, 0.2) is 0 Å². The van der Waals surface area contributed by atoms with Crippen molar-refractivity contribution in [1.29, 1.82) is 0 Å². The number of hydrogen-bond donors (Lipinski definition) is 1. The Bertz CT molecular complexity index is 176. The Morgan fingerprint density at radius 3 is 2.82 bits per heavy atom. The molecule has 0 unspecified atom stereocenters. The predicted molar refractivity (Wildman–Crippen MR) is 41.1 cm³/mol. The number of fused-ring (bicyclic) bond motifs is 2. The maximum absolute atomic E-state index is 11.3. The van der Waals surface area contributed by atoms with Crippen molar-refractivity contribution in [1.82, 2.24) is 0 Å². The van der Waals surface area contributed by atoms with E-state index in [1.807, 2.05) is 0 Å². The Hall–Kier alpha value is -0.370. The van der Waals surface area contributed by atoms with Gasteiger partial charge in [-0.2, -0.15) is 0 Å². The van der Waals surface area contributed by atoms with E-state index in [1.165, 1.54) is 0 Å². The van der Waals surface area contributed by atoms with Gasteiger partial charge in [-0.05, 0) is 31.6 Å². The van der Waals surface area contributed by atoms with E-state index in [0.717, 1.165) is 31.6 Å². The van der Waals surface area contributed by atoms with E-state index in [-0.39, 0.29) is 12.0 Å². The van der Waals surface area contributed by atoms with Crippen molar-refractivity contribution < 1.29 is 9.90 Å². The zero-order valence-electron chi connectivity index (χ0n) is 6.62. The minimum Gasteiger partial charge on any atom is -0.392 e. The Labute approximate surface area is 66.6 Å². The molecule has 2 rings (SSSR count). The van der Waals surface area contributed by atoms with Gasteiger partial charge in [0.2, 0.25) is 0 Å². The molecule has 2 fully saturated rings. The fourth-order valence-corrected chi connectivity index (χ4v) is 2.38. The van der Waals surface area contributed by atoms with Crippen LogP contribution in [0.15, 0.2) is 0 Å². The zero-order valence-corrected chi connectivity index (χ0v) is 6.62. The second-order valence-electron chi connectivity index (χ2n) is 3.86. The van der Waals surface area contributed by atoms with Crippen LogP contribution in [0.5, 0.6) is 0 Å². The van der Waals surface area contributed by atoms with E-state index in [2.05, 4.69) is 0 Å². The minimum absolute atomic E-state index is 0.00231. The van der Waals surface area contributed by atoms with Crippen LogP contribution in [-0.4, -0.2) is 17.0 Å². The third-order valence-electron chi connectivity index (χ3n) is 3.13. The van der Waals surface area contributed by atoms with Gasteiger partial charge < -0.3 is 5.11 Å². The van der Waals surface area contributed by atoms with Crippen molar-refractivity contribution in [3.8, 4) is 0 Å². The number of aliphatic hydroxyl groups is 1. The van der Waals surface area contributed by atoms with E-state index < -0.39 is 0 Å². The molecule has 2 aliphatic rings. The summed E-state index contributed by atoms with van der Waals surface area (Å²) in [4.78, 5) is 11.3. The van der Waals surface area contributed by atoms with E-state index in [4.69, 9.17) is 0 Å². The molecule has 2 aliphatic carbocycles. The maximum Gasteiger partial charge on any atom is 0.138 e. The monoisotopic (exact) mass is 154 g/mol. The standard InChI is InChI=1S/C9H14O2/c10-8-3-1-6-2-4-9(11)7(8)5-6/h6-8,10H,1-5H2/t6-,7+,8-/m0/s1. The third kappa shape index (κ3) is 1.20. The average molecular weight is 154 g/mol. The Morgan fingerprint density at radius 2 is 2.09 bits per heavy atom. The van der Waals surface area contributed by atoms with Gasteiger partial charge in [0.05, 0.1) is 6.10 Å². The highest BCUT2D eigenvalue weighted by Crippen LogP contribution is 2.37. The van der Waals surface area contributed by atoms with Crippen molar-refractivity contribution in [3.63, 3.8) is 0 Å². The highest BCUT2D eigenvalue weighted by atomic mass is 16.3. The fourth-order valence-electron chi connectivity index (χ4n) is 2.38.